The first-order valence-corrected chi connectivity index (χ1v) is 35.6. The molecule has 0 heterocycles. The predicted molar refractivity (Wildman–Crippen MR) is 196 cm³/mol. The lowest BCUT2D eigenvalue weighted by atomic mass is 10.2. The van der Waals surface area contributed by atoms with E-state index in [-0.39, 0.29) is 0 Å². The molecule has 0 fully saturated rings. The summed E-state index contributed by atoms with van der Waals surface area (Å²) < 4.78 is 53.5. The van der Waals surface area contributed by atoms with Gasteiger partial charge in [-0.25, -0.2) is 8.42 Å². The van der Waals surface area contributed by atoms with Gasteiger partial charge >= 0.3 is 17.1 Å². The van der Waals surface area contributed by atoms with Crippen LogP contribution in [-0.2, 0) is 39.1 Å². The van der Waals surface area contributed by atoms with Crippen LogP contribution < -0.4 is 0 Å². The fourth-order valence-electron chi connectivity index (χ4n) is 5.39. The van der Waals surface area contributed by atoms with Gasteiger partial charge in [0, 0.05) is 0 Å². The molecule has 2 aromatic rings. The third kappa shape index (κ3) is 14.2. The minimum Gasteiger partial charge on any atom is -0.437 e. The van der Waals surface area contributed by atoms with E-state index in [0.29, 0.717) is 9.79 Å². The summed E-state index contributed by atoms with van der Waals surface area (Å²) in [6.45, 7) is 30.9. The summed E-state index contributed by atoms with van der Waals surface area (Å²) in [4.78, 5) is 0.625. The molecule has 0 aromatic heterocycles. The average Bonchev–Trinajstić information content (AvgIpc) is 2.77. The maximum atomic E-state index is 13.5. The van der Waals surface area contributed by atoms with Gasteiger partial charge in [-0.3, -0.25) is 0 Å². The van der Waals surface area contributed by atoms with Crippen LogP contribution in [0.4, 0.5) is 0 Å². The summed E-state index contributed by atoms with van der Waals surface area (Å²) in [6, 6.07) is 16.4. The van der Waals surface area contributed by atoms with Crippen molar-refractivity contribution >= 4 is 60.2 Å². The first-order chi connectivity index (χ1) is 19.2. The van der Waals surface area contributed by atoms with Crippen LogP contribution in [0.2, 0.25) is 104 Å². The molecule has 0 saturated carbocycles. The molecule has 0 aliphatic rings. The zero-order chi connectivity index (χ0) is 33.1. The fraction of sp³-hybridized carbons (Fsp3) is 0.600. The third-order valence-corrected chi connectivity index (χ3v) is 27.1. The van der Waals surface area contributed by atoms with Crippen molar-refractivity contribution < 1.29 is 24.9 Å². The Labute approximate surface area is 269 Å². The quantitative estimate of drug-likeness (QED) is 0.162. The highest BCUT2D eigenvalue weighted by molar-refractivity contribution is 7.91. The summed E-state index contributed by atoms with van der Waals surface area (Å²) in [5, 5.41) is 0. The number of hydrogen-bond acceptors (Lipinski definition) is 6. The Balaban J connectivity index is 2.14. The van der Waals surface area contributed by atoms with Crippen LogP contribution in [-0.4, -0.2) is 58.8 Å². The standard InChI is InChI=1S/C30H58O6SSi6/c1-38(2,3)33-42(13,34-39(4,5)6)25-23-27-15-19-29(20-16-27)37(31,32)30-21-17-28(18-22-30)24-26-43(14,35-40(7,8)9)36-41(10,11)12/h15-22H,23-26H2,1-14H3. The molecule has 0 spiro atoms. The van der Waals surface area contributed by atoms with Crippen LogP contribution in [0.1, 0.15) is 11.1 Å². The second-order valence-electron chi connectivity index (χ2n) is 15.9. The van der Waals surface area contributed by atoms with Gasteiger partial charge < -0.3 is 16.5 Å². The van der Waals surface area contributed by atoms with E-state index in [0.717, 1.165) is 36.1 Å². The smallest absolute Gasteiger partial charge is 0.314 e. The van der Waals surface area contributed by atoms with Gasteiger partial charge in [-0.2, -0.15) is 0 Å². The Hall–Kier alpha value is -0.469. The van der Waals surface area contributed by atoms with Crippen molar-refractivity contribution in [2.45, 2.75) is 126 Å². The summed E-state index contributed by atoms with van der Waals surface area (Å²) in [5.74, 6) is 0. The van der Waals surface area contributed by atoms with Crippen molar-refractivity contribution in [1.82, 2.24) is 0 Å². The van der Waals surface area contributed by atoms with Crippen molar-refractivity contribution in [3.63, 3.8) is 0 Å². The molecule has 0 unspecified atom stereocenters. The van der Waals surface area contributed by atoms with E-state index in [4.69, 9.17) is 16.5 Å². The molecule has 43 heavy (non-hydrogen) atoms. The van der Waals surface area contributed by atoms with Crippen LogP contribution >= 0.6 is 0 Å². The third-order valence-electron chi connectivity index (χ3n) is 6.29. The van der Waals surface area contributed by atoms with Crippen molar-refractivity contribution in [2.75, 3.05) is 0 Å². The molecule has 0 aliphatic carbocycles. The van der Waals surface area contributed by atoms with E-state index in [9.17, 15) is 8.42 Å². The highest BCUT2D eigenvalue weighted by atomic mass is 32.2. The van der Waals surface area contributed by atoms with E-state index < -0.39 is 60.2 Å². The summed E-state index contributed by atoms with van der Waals surface area (Å²) in [5.41, 5.74) is 2.19. The molecule has 0 saturated heterocycles. The number of rotatable bonds is 16. The van der Waals surface area contributed by atoms with Gasteiger partial charge in [0.2, 0.25) is 9.84 Å². The number of sulfone groups is 1. The molecule has 0 N–H and O–H groups in total. The predicted octanol–water partition coefficient (Wildman–Crippen LogP) is 9.15. The van der Waals surface area contributed by atoms with Crippen molar-refractivity contribution in [3.8, 4) is 0 Å². The Kier molecular flexibility index (Phi) is 12.7. The van der Waals surface area contributed by atoms with Crippen LogP contribution in [0.15, 0.2) is 58.3 Å². The molecule has 0 aliphatic heterocycles. The van der Waals surface area contributed by atoms with Crippen molar-refractivity contribution in [2.24, 2.45) is 0 Å². The van der Waals surface area contributed by atoms with Gasteiger partial charge in [0.15, 0.2) is 33.3 Å². The molecule has 13 heteroatoms. The topological polar surface area (TPSA) is 71.1 Å². The second-order valence-corrected chi connectivity index (χ2v) is 43.6. The van der Waals surface area contributed by atoms with Crippen LogP contribution in [0.3, 0.4) is 0 Å². The monoisotopic (exact) mass is 714 g/mol. The number of benzene rings is 2. The zero-order valence-electron chi connectivity index (χ0n) is 29.3. The van der Waals surface area contributed by atoms with E-state index in [2.05, 4.69) is 91.7 Å². The molecule has 0 atom stereocenters. The van der Waals surface area contributed by atoms with E-state index in [1.165, 1.54) is 0 Å². The van der Waals surface area contributed by atoms with Crippen molar-refractivity contribution in [3.05, 3.63) is 59.7 Å². The lowest BCUT2D eigenvalue weighted by molar-refractivity contribution is 0.382. The normalized spacial score (nSPS) is 14.3. The molecule has 0 radical (unpaired) electrons. The van der Waals surface area contributed by atoms with Gasteiger partial charge in [0.25, 0.3) is 0 Å². The lowest BCUT2D eigenvalue weighted by Crippen LogP contribution is -2.52. The lowest BCUT2D eigenvalue weighted by Gasteiger charge is -2.38. The maximum Gasteiger partial charge on any atom is 0.314 e. The van der Waals surface area contributed by atoms with E-state index >= 15 is 0 Å². The summed E-state index contributed by atoms with van der Waals surface area (Å²) in [6.07, 6.45) is 1.61. The average molecular weight is 715 g/mol. The van der Waals surface area contributed by atoms with E-state index in [1.54, 1.807) is 24.3 Å². The van der Waals surface area contributed by atoms with Gasteiger partial charge in [0.1, 0.15) is 0 Å². The zero-order valence-corrected chi connectivity index (χ0v) is 36.1. The van der Waals surface area contributed by atoms with Crippen LogP contribution in [0.5, 0.6) is 0 Å². The molecule has 244 valence electrons. The Morgan fingerprint density at radius 1 is 0.442 bits per heavy atom. The molecule has 0 bridgehead atoms. The molecular formula is C30H58O6SSi6. The van der Waals surface area contributed by atoms with Crippen LogP contribution in [0, 0.1) is 0 Å². The molecule has 6 nitrogen and oxygen atoms in total. The fourth-order valence-corrected chi connectivity index (χ4v) is 31.6. The Bertz CT molecular complexity index is 1160. The van der Waals surface area contributed by atoms with Gasteiger partial charge in [-0.1, -0.05) is 24.3 Å². The van der Waals surface area contributed by atoms with Crippen molar-refractivity contribution in [1.29, 1.82) is 0 Å². The molecular weight excluding hydrogens is 657 g/mol. The highest BCUT2D eigenvalue weighted by Gasteiger charge is 2.41. The minimum atomic E-state index is -3.61. The highest BCUT2D eigenvalue weighted by Crippen LogP contribution is 2.29. The van der Waals surface area contributed by atoms with E-state index in [1.807, 2.05) is 24.3 Å². The number of aryl methyl sites for hydroxylation is 2. The molecule has 2 rings (SSSR count). The second kappa shape index (κ2) is 14.1. The van der Waals surface area contributed by atoms with Crippen LogP contribution in [0.25, 0.3) is 0 Å². The Morgan fingerprint density at radius 2 is 0.674 bits per heavy atom. The van der Waals surface area contributed by atoms with Gasteiger partial charge in [0.05, 0.1) is 9.79 Å². The minimum absolute atomic E-state index is 0.313. The maximum absolute atomic E-state index is 13.5. The van der Waals surface area contributed by atoms with Gasteiger partial charge in [-0.05, 0) is 152 Å². The number of hydrogen-bond donors (Lipinski definition) is 0. The van der Waals surface area contributed by atoms with Gasteiger partial charge in [-0.15, -0.1) is 0 Å². The first-order valence-electron chi connectivity index (χ1n) is 15.4. The molecule has 0 amide bonds. The first kappa shape index (κ1) is 38.7. The summed E-state index contributed by atoms with van der Waals surface area (Å²) in [7, 11) is -15.4. The molecule has 2 aromatic carbocycles. The SMILES string of the molecule is C[Si](C)(C)O[Si](C)(CCc1ccc(S(=O)(=O)c2ccc(CC[Si](C)(O[Si](C)(C)C)O[Si](C)(C)C)cc2)cc1)O[Si](C)(C)C. The largest absolute Gasteiger partial charge is 0.437 e. The summed E-state index contributed by atoms with van der Waals surface area (Å²) >= 11 is 0. The Morgan fingerprint density at radius 3 is 0.884 bits per heavy atom.